The third-order valence-electron chi connectivity index (χ3n) is 4.49. The zero-order chi connectivity index (χ0) is 13.1. The first kappa shape index (κ1) is 16.0. The minimum absolute atomic E-state index is 0.842. The predicted molar refractivity (Wildman–Crippen MR) is 82.0 cm³/mol. The van der Waals surface area contributed by atoms with Crippen molar-refractivity contribution in [1.82, 2.24) is 5.32 Å². The molecule has 0 aromatic carbocycles. The summed E-state index contributed by atoms with van der Waals surface area (Å²) < 4.78 is 0. The Bertz CT molecular complexity index is 174. The molecule has 108 valence electrons. The Hall–Kier alpha value is -0.0400. The van der Waals surface area contributed by atoms with Crippen LogP contribution in [0, 0.1) is 5.92 Å². The van der Waals surface area contributed by atoms with Crippen LogP contribution in [0.5, 0.6) is 0 Å². The largest absolute Gasteiger partial charge is 0.314 e. The molecule has 1 nitrogen and oxygen atoms in total. The topological polar surface area (TPSA) is 12.0 Å². The molecule has 0 radical (unpaired) electrons. The summed E-state index contributed by atoms with van der Waals surface area (Å²) in [4.78, 5) is 0. The van der Waals surface area contributed by atoms with Crippen molar-refractivity contribution in [3.63, 3.8) is 0 Å². The number of hydrogen-bond acceptors (Lipinski definition) is 1. The molecule has 0 aromatic heterocycles. The van der Waals surface area contributed by atoms with Crippen molar-refractivity contribution in [2.24, 2.45) is 5.92 Å². The maximum atomic E-state index is 3.78. The number of hydrogen-bond donors (Lipinski definition) is 1. The monoisotopic (exact) mass is 253 g/mol. The molecule has 0 aliphatic heterocycles. The second kappa shape index (κ2) is 10.8. The molecule has 1 aliphatic rings. The van der Waals surface area contributed by atoms with Gasteiger partial charge in [0.05, 0.1) is 0 Å². The van der Waals surface area contributed by atoms with Crippen LogP contribution in [0.25, 0.3) is 0 Å². The Morgan fingerprint density at radius 2 is 1.56 bits per heavy atom. The van der Waals surface area contributed by atoms with E-state index in [1.807, 2.05) is 0 Å². The predicted octanol–water partition coefficient (Wildman–Crippen LogP) is 5.30. The third kappa shape index (κ3) is 6.78. The van der Waals surface area contributed by atoms with Gasteiger partial charge in [-0.25, -0.2) is 0 Å². The summed E-state index contributed by atoms with van der Waals surface area (Å²) in [6, 6.07) is 0.842. The second-order valence-electron chi connectivity index (χ2n) is 6.16. The van der Waals surface area contributed by atoms with Gasteiger partial charge < -0.3 is 5.32 Å². The molecule has 1 unspecified atom stereocenters. The Morgan fingerprint density at radius 1 is 0.889 bits per heavy atom. The standard InChI is InChI=1S/C17H35N/c1-3-5-6-7-8-9-10-14-17(18-15-4-2)16-12-11-13-16/h16-18H,3-15H2,1-2H3. The van der Waals surface area contributed by atoms with Crippen molar-refractivity contribution in [1.29, 1.82) is 0 Å². The van der Waals surface area contributed by atoms with E-state index < -0.39 is 0 Å². The van der Waals surface area contributed by atoms with Crippen LogP contribution in [0.15, 0.2) is 0 Å². The summed E-state index contributed by atoms with van der Waals surface area (Å²) in [5.41, 5.74) is 0. The van der Waals surface area contributed by atoms with E-state index in [0.717, 1.165) is 12.0 Å². The lowest BCUT2D eigenvalue weighted by Gasteiger charge is -2.34. The highest BCUT2D eigenvalue weighted by molar-refractivity contribution is 4.82. The van der Waals surface area contributed by atoms with Crippen molar-refractivity contribution in [2.75, 3.05) is 6.54 Å². The molecule has 1 N–H and O–H groups in total. The third-order valence-corrected chi connectivity index (χ3v) is 4.49. The average Bonchev–Trinajstić information content (AvgIpc) is 2.32. The molecule has 0 bridgehead atoms. The summed E-state index contributed by atoms with van der Waals surface area (Å²) in [6.45, 7) is 5.79. The summed E-state index contributed by atoms with van der Waals surface area (Å²) in [5.74, 6) is 1.01. The second-order valence-corrected chi connectivity index (χ2v) is 6.16. The highest BCUT2D eigenvalue weighted by atomic mass is 14.9. The fourth-order valence-electron chi connectivity index (χ4n) is 3.00. The molecule has 1 saturated carbocycles. The van der Waals surface area contributed by atoms with Crippen LogP contribution in [-0.2, 0) is 0 Å². The van der Waals surface area contributed by atoms with E-state index >= 15 is 0 Å². The quantitative estimate of drug-likeness (QED) is 0.466. The van der Waals surface area contributed by atoms with Crippen LogP contribution in [0.2, 0.25) is 0 Å². The summed E-state index contributed by atoms with van der Waals surface area (Å²) in [5, 5.41) is 3.78. The normalized spacial score (nSPS) is 17.7. The molecule has 0 spiro atoms. The van der Waals surface area contributed by atoms with Crippen LogP contribution in [0.1, 0.15) is 90.9 Å². The molecular weight excluding hydrogens is 218 g/mol. The first-order chi connectivity index (χ1) is 8.88. The number of unbranched alkanes of at least 4 members (excludes halogenated alkanes) is 6. The van der Waals surface area contributed by atoms with E-state index in [9.17, 15) is 0 Å². The van der Waals surface area contributed by atoms with E-state index in [1.165, 1.54) is 83.6 Å². The van der Waals surface area contributed by atoms with E-state index in [-0.39, 0.29) is 0 Å². The van der Waals surface area contributed by atoms with Gasteiger partial charge in [-0.3, -0.25) is 0 Å². The van der Waals surface area contributed by atoms with Crippen molar-refractivity contribution < 1.29 is 0 Å². The molecule has 1 rings (SSSR count). The number of nitrogens with one attached hydrogen (secondary N) is 1. The maximum absolute atomic E-state index is 3.78. The van der Waals surface area contributed by atoms with Crippen LogP contribution < -0.4 is 5.32 Å². The Labute approximate surface area is 115 Å². The highest BCUT2D eigenvalue weighted by Gasteiger charge is 2.25. The molecule has 0 aromatic rings. The van der Waals surface area contributed by atoms with Crippen LogP contribution >= 0.6 is 0 Å². The lowest BCUT2D eigenvalue weighted by Crippen LogP contribution is -2.39. The van der Waals surface area contributed by atoms with Gasteiger partial charge in [0.1, 0.15) is 0 Å². The maximum Gasteiger partial charge on any atom is 0.00953 e. The SMILES string of the molecule is CCCCCCCCCC(NCCC)C1CCC1. The van der Waals surface area contributed by atoms with Gasteiger partial charge in [0.25, 0.3) is 0 Å². The molecule has 18 heavy (non-hydrogen) atoms. The lowest BCUT2D eigenvalue weighted by atomic mass is 9.78. The summed E-state index contributed by atoms with van der Waals surface area (Å²) >= 11 is 0. The highest BCUT2D eigenvalue weighted by Crippen LogP contribution is 2.31. The fraction of sp³-hybridized carbons (Fsp3) is 1.00. The van der Waals surface area contributed by atoms with Crippen LogP contribution in [0.4, 0.5) is 0 Å². The molecule has 1 fully saturated rings. The number of rotatable bonds is 12. The van der Waals surface area contributed by atoms with Crippen molar-refractivity contribution in [3.05, 3.63) is 0 Å². The molecule has 1 aliphatic carbocycles. The Morgan fingerprint density at radius 3 is 2.11 bits per heavy atom. The van der Waals surface area contributed by atoms with Gasteiger partial charge in [0.15, 0.2) is 0 Å². The van der Waals surface area contributed by atoms with E-state index in [2.05, 4.69) is 19.2 Å². The van der Waals surface area contributed by atoms with E-state index in [0.29, 0.717) is 0 Å². The molecule has 0 amide bonds. The molecule has 0 saturated heterocycles. The van der Waals surface area contributed by atoms with Crippen molar-refractivity contribution in [3.8, 4) is 0 Å². The van der Waals surface area contributed by atoms with Crippen LogP contribution in [-0.4, -0.2) is 12.6 Å². The van der Waals surface area contributed by atoms with Crippen LogP contribution in [0.3, 0.4) is 0 Å². The molecule has 1 heteroatoms. The Balaban J connectivity index is 1.98. The summed E-state index contributed by atoms with van der Waals surface area (Å²) in [7, 11) is 0. The van der Waals surface area contributed by atoms with E-state index in [4.69, 9.17) is 0 Å². The smallest absolute Gasteiger partial charge is 0.00953 e. The van der Waals surface area contributed by atoms with Gasteiger partial charge in [-0.2, -0.15) is 0 Å². The van der Waals surface area contributed by atoms with Crippen molar-refractivity contribution in [2.45, 2.75) is 96.9 Å². The lowest BCUT2D eigenvalue weighted by molar-refractivity contribution is 0.216. The Kier molecular flexibility index (Phi) is 9.65. The average molecular weight is 253 g/mol. The van der Waals surface area contributed by atoms with Gasteiger partial charge in [0, 0.05) is 6.04 Å². The molecule has 0 heterocycles. The fourth-order valence-corrected chi connectivity index (χ4v) is 3.00. The van der Waals surface area contributed by atoms with Gasteiger partial charge in [0.2, 0.25) is 0 Å². The molecular formula is C17H35N. The van der Waals surface area contributed by atoms with Gasteiger partial charge in [-0.05, 0) is 38.1 Å². The summed E-state index contributed by atoms with van der Waals surface area (Å²) in [6.07, 6.45) is 17.2. The van der Waals surface area contributed by atoms with Gasteiger partial charge in [-0.1, -0.05) is 65.2 Å². The van der Waals surface area contributed by atoms with Gasteiger partial charge in [-0.15, -0.1) is 0 Å². The minimum atomic E-state index is 0.842. The first-order valence-electron chi connectivity index (χ1n) is 8.61. The van der Waals surface area contributed by atoms with Gasteiger partial charge >= 0.3 is 0 Å². The first-order valence-corrected chi connectivity index (χ1v) is 8.61. The molecule has 1 atom stereocenters. The van der Waals surface area contributed by atoms with Crippen molar-refractivity contribution >= 4 is 0 Å². The van der Waals surface area contributed by atoms with E-state index in [1.54, 1.807) is 0 Å². The zero-order valence-corrected chi connectivity index (χ0v) is 12.8. The minimum Gasteiger partial charge on any atom is -0.314 e. The zero-order valence-electron chi connectivity index (χ0n) is 12.8.